The first-order valence-corrected chi connectivity index (χ1v) is 8.29. The number of rotatable bonds is 0. The monoisotopic (exact) mass is 275 g/mol. The van der Waals surface area contributed by atoms with Crippen LogP contribution >= 0.6 is 0 Å². The van der Waals surface area contributed by atoms with Gasteiger partial charge in [-0.1, -0.05) is 6.92 Å². The van der Waals surface area contributed by atoms with Gasteiger partial charge >= 0.3 is 0 Å². The fraction of sp³-hybridized carbons (Fsp3) is 0.778. The van der Waals surface area contributed by atoms with E-state index >= 15 is 0 Å². The highest BCUT2D eigenvalue weighted by atomic mass is 16.7. The number of hydrogen-bond acceptors (Lipinski definition) is 1. The van der Waals surface area contributed by atoms with Crippen LogP contribution in [-0.2, 0) is 4.37 Å². The third-order valence-corrected chi connectivity index (χ3v) is 6.86. The molecular formula is C18H27O2+. The first-order valence-electron chi connectivity index (χ1n) is 8.29. The quantitative estimate of drug-likeness (QED) is 0.671. The van der Waals surface area contributed by atoms with Gasteiger partial charge in [0.15, 0.2) is 13.7 Å². The summed E-state index contributed by atoms with van der Waals surface area (Å²) in [5.74, 6) is 2.35. The van der Waals surface area contributed by atoms with E-state index in [0.29, 0.717) is 0 Å². The molecule has 0 aromatic rings. The molecule has 0 bridgehead atoms. The van der Waals surface area contributed by atoms with E-state index in [1.807, 2.05) is 0 Å². The zero-order chi connectivity index (χ0) is 13.9. The van der Waals surface area contributed by atoms with E-state index in [2.05, 4.69) is 30.7 Å². The van der Waals surface area contributed by atoms with Crippen molar-refractivity contribution in [2.24, 2.45) is 23.2 Å². The topological polar surface area (TPSA) is 22.9 Å². The van der Waals surface area contributed by atoms with E-state index in [1.54, 1.807) is 11.1 Å². The van der Waals surface area contributed by atoms with E-state index in [4.69, 9.17) is 0 Å². The smallest absolute Gasteiger partial charge is 0.218 e. The second kappa shape index (κ2) is 4.37. The lowest BCUT2D eigenvalue weighted by Gasteiger charge is -2.50. The van der Waals surface area contributed by atoms with Crippen LogP contribution in [0.1, 0.15) is 45.4 Å². The van der Waals surface area contributed by atoms with Crippen molar-refractivity contribution in [3.8, 4) is 0 Å². The summed E-state index contributed by atoms with van der Waals surface area (Å²) < 4.78 is 3.09. The van der Waals surface area contributed by atoms with Crippen molar-refractivity contribution in [1.82, 2.24) is 0 Å². The van der Waals surface area contributed by atoms with E-state index in [-0.39, 0.29) is 11.5 Å². The molecule has 1 heterocycles. The van der Waals surface area contributed by atoms with Gasteiger partial charge in [-0.15, -0.1) is 0 Å². The lowest BCUT2D eigenvalue weighted by atomic mass is 9.55. The van der Waals surface area contributed by atoms with Gasteiger partial charge in [0, 0.05) is 11.6 Å². The van der Waals surface area contributed by atoms with Crippen LogP contribution in [0.2, 0.25) is 0 Å². The van der Waals surface area contributed by atoms with Crippen LogP contribution in [0.25, 0.3) is 0 Å². The molecule has 3 aliphatic carbocycles. The highest BCUT2D eigenvalue weighted by molar-refractivity contribution is 5.34. The molecule has 4 rings (SSSR count). The SMILES string of the molecule is C[O+]1C=CC2=C(CCC3C2CCC2(C)C(O)CCC32)C1. The summed E-state index contributed by atoms with van der Waals surface area (Å²) in [4.78, 5) is 0. The number of aliphatic hydroxyl groups excluding tert-OH is 1. The summed E-state index contributed by atoms with van der Waals surface area (Å²) in [6.45, 7) is 3.41. The number of aliphatic hydroxyl groups is 1. The lowest BCUT2D eigenvalue weighted by molar-refractivity contribution is -0.0365. The van der Waals surface area contributed by atoms with Crippen LogP contribution in [0.15, 0.2) is 23.5 Å². The Balaban J connectivity index is 1.66. The number of allylic oxidation sites excluding steroid dienone is 2. The number of hydrogen-bond donors (Lipinski definition) is 1. The molecule has 0 radical (unpaired) electrons. The molecule has 2 saturated carbocycles. The molecule has 2 nitrogen and oxygen atoms in total. The second-order valence-electron chi connectivity index (χ2n) is 7.75. The Labute approximate surface area is 122 Å². The summed E-state index contributed by atoms with van der Waals surface area (Å²) in [7, 11) is 2.09. The Morgan fingerprint density at radius 1 is 1.25 bits per heavy atom. The van der Waals surface area contributed by atoms with Gasteiger partial charge in [0.1, 0.15) is 0 Å². The summed E-state index contributed by atoms with van der Waals surface area (Å²) in [6, 6.07) is 0. The molecule has 5 unspecified atom stereocenters. The lowest BCUT2D eigenvalue weighted by Crippen LogP contribution is -2.45. The van der Waals surface area contributed by atoms with Crippen molar-refractivity contribution in [3.05, 3.63) is 23.5 Å². The molecular weight excluding hydrogens is 248 g/mol. The van der Waals surface area contributed by atoms with Gasteiger partial charge in [0.2, 0.25) is 6.26 Å². The molecule has 4 aliphatic rings. The number of fused-ring (bicyclic) bond motifs is 4. The van der Waals surface area contributed by atoms with Crippen molar-refractivity contribution < 1.29 is 9.47 Å². The third-order valence-electron chi connectivity index (χ3n) is 6.86. The van der Waals surface area contributed by atoms with Crippen LogP contribution in [0.5, 0.6) is 0 Å². The fourth-order valence-corrected chi connectivity index (χ4v) is 5.71. The zero-order valence-electron chi connectivity index (χ0n) is 12.8. The molecule has 0 saturated heterocycles. The average Bonchev–Trinajstić information content (AvgIpc) is 2.74. The molecule has 2 fully saturated rings. The Morgan fingerprint density at radius 2 is 2.10 bits per heavy atom. The molecule has 0 aromatic heterocycles. The van der Waals surface area contributed by atoms with Gasteiger partial charge in [-0.3, -0.25) is 0 Å². The van der Waals surface area contributed by atoms with Gasteiger partial charge in [-0.25, -0.2) is 0 Å². The maximum absolute atomic E-state index is 10.4. The molecule has 0 amide bonds. The van der Waals surface area contributed by atoms with Gasteiger partial charge < -0.3 is 9.47 Å². The third kappa shape index (κ3) is 1.67. The summed E-state index contributed by atoms with van der Waals surface area (Å²) in [5.41, 5.74) is 3.52. The first-order chi connectivity index (χ1) is 9.59. The molecule has 5 atom stereocenters. The van der Waals surface area contributed by atoms with Crippen LogP contribution in [-0.4, -0.2) is 24.9 Å². The molecule has 20 heavy (non-hydrogen) atoms. The van der Waals surface area contributed by atoms with Crippen LogP contribution in [0.4, 0.5) is 0 Å². The van der Waals surface area contributed by atoms with Gasteiger partial charge in [-0.2, -0.15) is 0 Å². The fourth-order valence-electron chi connectivity index (χ4n) is 5.71. The minimum Gasteiger partial charge on any atom is -0.576 e. The highest BCUT2D eigenvalue weighted by Crippen LogP contribution is 2.60. The molecule has 1 aliphatic heterocycles. The summed E-state index contributed by atoms with van der Waals surface area (Å²) >= 11 is 0. The van der Waals surface area contributed by atoms with Crippen molar-refractivity contribution >= 4 is 0 Å². The van der Waals surface area contributed by atoms with E-state index < -0.39 is 0 Å². The van der Waals surface area contributed by atoms with Crippen LogP contribution in [0.3, 0.4) is 0 Å². The maximum atomic E-state index is 10.4. The largest absolute Gasteiger partial charge is 0.576 e. The molecule has 110 valence electrons. The highest BCUT2D eigenvalue weighted by Gasteiger charge is 2.54. The standard InChI is InChI=1S/C18H27O2/c1-18-9-7-14-13-8-10-20(2)11-12(13)3-4-15(14)16(18)5-6-17(18)19/h8,10,14-17,19H,3-7,9,11H2,1-2H3/q+1. The minimum atomic E-state index is -0.0487. The van der Waals surface area contributed by atoms with Crippen LogP contribution in [0, 0.1) is 23.2 Å². The van der Waals surface area contributed by atoms with E-state index in [0.717, 1.165) is 30.8 Å². The van der Waals surface area contributed by atoms with Gasteiger partial charge in [0.05, 0.1) is 6.10 Å². The van der Waals surface area contributed by atoms with Crippen molar-refractivity contribution in [2.75, 3.05) is 13.7 Å². The van der Waals surface area contributed by atoms with Gasteiger partial charge in [0.25, 0.3) is 0 Å². The average molecular weight is 275 g/mol. The Bertz CT molecular complexity index is 478. The molecule has 0 spiro atoms. The Kier molecular flexibility index (Phi) is 2.82. The van der Waals surface area contributed by atoms with Crippen molar-refractivity contribution in [2.45, 2.75) is 51.6 Å². The predicted molar refractivity (Wildman–Crippen MR) is 80.3 cm³/mol. The Hall–Kier alpha value is -0.760. The first kappa shape index (κ1) is 12.9. The summed E-state index contributed by atoms with van der Waals surface area (Å²) in [6.07, 6.45) is 11.9. The summed E-state index contributed by atoms with van der Waals surface area (Å²) in [5, 5.41) is 10.4. The molecule has 1 N–H and O–H groups in total. The van der Waals surface area contributed by atoms with E-state index in [9.17, 15) is 5.11 Å². The predicted octanol–water partition coefficient (Wildman–Crippen LogP) is 3.59. The normalized spacial score (nSPS) is 47.0. The van der Waals surface area contributed by atoms with Gasteiger partial charge in [-0.05, 0) is 67.3 Å². The van der Waals surface area contributed by atoms with Crippen LogP contribution < -0.4 is 0 Å². The van der Waals surface area contributed by atoms with Crippen molar-refractivity contribution in [3.63, 3.8) is 0 Å². The molecule has 0 aromatic carbocycles. The zero-order valence-corrected chi connectivity index (χ0v) is 12.8. The van der Waals surface area contributed by atoms with E-state index in [1.165, 1.54) is 32.1 Å². The molecule has 2 heteroatoms. The second-order valence-corrected chi connectivity index (χ2v) is 7.75. The van der Waals surface area contributed by atoms with Crippen molar-refractivity contribution in [1.29, 1.82) is 0 Å². The Morgan fingerprint density at radius 3 is 2.95 bits per heavy atom. The maximum Gasteiger partial charge on any atom is 0.218 e. The minimum absolute atomic E-state index is 0.0487.